The molecule has 1 N–H and O–H groups in total. The lowest BCUT2D eigenvalue weighted by molar-refractivity contribution is -0.119. The zero-order valence-corrected chi connectivity index (χ0v) is 17.0. The standard InChI is InChI=1S/C26H26N2O2/c29-26(17-25-22-10-4-1-7-19(22)14-16-30-25)27-23-11-5-2-9-21(23)18-28-15-13-20-8-3-6-12-24(20)28/h1-12,25H,13-18H2,(H,27,29)/t25-/m0/s1. The number of hydrogen-bond donors (Lipinski definition) is 1. The minimum absolute atomic E-state index is 0.00836. The average molecular weight is 399 g/mol. The van der Waals surface area contributed by atoms with Crippen molar-refractivity contribution >= 4 is 17.3 Å². The first kappa shape index (κ1) is 18.9. The minimum atomic E-state index is -0.174. The number of benzene rings is 3. The summed E-state index contributed by atoms with van der Waals surface area (Å²) in [6.07, 6.45) is 2.14. The molecule has 2 aliphatic heterocycles. The van der Waals surface area contributed by atoms with Crippen molar-refractivity contribution < 1.29 is 9.53 Å². The lowest BCUT2D eigenvalue weighted by Gasteiger charge is -2.26. The Morgan fingerprint density at radius 3 is 2.63 bits per heavy atom. The maximum atomic E-state index is 12.9. The summed E-state index contributed by atoms with van der Waals surface area (Å²) >= 11 is 0. The molecule has 2 aliphatic rings. The summed E-state index contributed by atoms with van der Waals surface area (Å²) in [7, 11) is 0. The second-order valence-electron chi connectivity index (χ2n) is 8.02. The molecule has 0 unspecified atom stereocenters. The third kappa shape index (κ3) is 3.83. The summed E-state index contributed by atoms with van der Waals surface area (Å²) in [5.74, 6) is -0.00836. The number of fused-ring (bicyclic) bond motifs is 2. The van der Waals surface area contributed by atoms with Gasteiger partial charge in [-0.25, -0.2) is 0 Å². The van der Waals surface area contributed by atoms with Crippen LogP contribution in [0.15, 0.2) is 72.8 Å². The molecule has 0 aliphatic carbocycles. The Labute approximate surface area is 177 Å². The summed E-state index contributed by atoms with van der Waals surface area (Å²) in [6, 6.07) is 24.9. The number of rotatable bonds is 5. The monoisotopic (exact) mass is 398 g/mol. The van der Waals surface area contributed by atoms with Gasteiger partial charge in [0.2, 0.25) is 5.91 Å². The van der Waals surface area contributed by atoms with Gasteiger partial charge in [-0.2, -0.15) is 0 Å². The minimum Gasteiger partial charge on any atom is -0.373 e. The Kier molecular flexibility index (Phi) is 5.24. The number of amides is 1. The van der Waals surface area contributed by atoms with E-state index in [4.69, 9.17) is 4.74 Å². The molecule has 4 heteroatoms. The Morgan fingerprint density at radius 2 is 1.70 bits per heavy atom. The van der Waals surface area contributed by atoms with Crippen LogP contribution >= 0.6 is 0 Å². The van der Waals surface area contributed by atoms with Crippen molar-refractivity contribution in [3.63, 3.8) is 0 Å². The summed E-state index contributed by atoms with van der Waals surface area (Å²) < 4.78 is 5.92. The highest BCUT2D eigenvalue weighted by atomic mass is 16.5. The molecule has 3 aromatic rings. The number of ether oxygens (including phenoxy) is 1. The van der Waals surface area contributed by atoms with E-state index in [2.05, 4.69) is 52.7 Å². The number of hydrogen-bond acceptors (Lipinski definition) is 3. The van der Waals surface area contributed by atoms with Crippen LogP contribution in [0.3, 0.4) is 0 Å². The van der Waals surface area contributed by atoms with Gasteiger partial charge in [0.25, 0.3) is 0 Å². The van der Waals surface area contributed by atoms with E-state index in [9.17, 15) is 4.79 Å². The molecule has 0 bridgehead atoms. The summed E-state index contributed by atoms with van der Waals surface area (Å²) in [5.41, 5.74) is 7.14. The second-order valence-corrected chi connectivity index (χ2v) is 8.02. The fraction of sp³-hybridized carbons (Fsp3) is 0.269. The number of carbonyl (C=O) groups excluding carboxylic acids is 1. The molecule has 2 heterocycles. The molecule has 4 nitrogen and oxygen atoms in total. The van der Waals surface area contributed by atoms with Gasteiger partial charge in [0, 0.05) is 24.5 Å². The van der Waals surface area contributed by atoms with E-state index in [-0.39, 0.29) is 12.0 Å². The molecule has 30 heavy (non-hydrogen) atoms. The van der Waals surface area contributed by atoms with Crippen LogP contribution in [0.25, 0.3) is 0 Å². The predicted molar refractivity (Wildman–Crippen MR) is 120 cm³/mol. The maximum absolute atomic E-state index is 12.9. The van der Waals surface area contributed by atoms with E-state index in [0.29, 0.717) is 13.0 Å². The molecule has 0 aromatic heterocycles. The first-order valence-corrected chi connectivity index (χ1v) is 10.7. The van der Waals surface area contributed by atoms with E-state index in [1.807, 2.05) is 30.3 Å². The fourth-order valence-electron chi connectivity index (χ4n) is 4.57. The summed E-state index contributed by atoms with van der Waals surface area (Å²) in [6.45, 7) is 2.46. The molecule has 1 atom stereocenters. The summed E-state index contributed by atoms with van der Waals surface area (Å²) in [4.78, 5) is 15.3. The van der Waals surface area contributed by atoms with Crippen molar-refractivity contribution in [1.29, 1.82) is 0 Å². The SMILES string of the molecule is O=C(C[C@@H]1OCCc2ccccc21)Nc1ccccc1CN1CCc2ccccc21. The highest BCUT2D eigenvalue weighted by molar-refractivity contribution is 5.92. The Hall–Kier alpha value is -3.11. The first-order chi connectivity index (χ1) is 14.8. The van der Waals surface area contributed by atoms with Crippen molar-refractivity contribution in [2.24, 2.45) is 0 Å². The number of carbonyl (C=O) groups is 1. The molecule has 0 spiro atoms. The molecular formula is C26H26N2O2. The van der Waals surface area contributed by atoms with Gasteiger partial charge in [0.1, 0.15) is 0 Å². The maximum Gasteiger partial charge on any atom is 0.227 e. The molecule has 0 saturated carbocycles. The topological polar surface area (TPSA) is 41.6 Å². The highest BCUT2D eigenvalue weighted by Gasteiger charge is 2.24. The molecule has 1 amide bonds. The first-order valence-electron chi connectivity index (χ1n) is 10.7. The number of para-hydroxylation sites is 2. The van der Waals surface area contributed by atoms with Gasteiger partial charge >= 0.3 is 0 Å². The van der Waals surface area contributed by atoms with Crippen molar-refractivity contribution in [2.45, 2.75) is 31.9 Å². The van der Waals surface area contributed by atoms with E-state index >= 15 is 0 Å². The predicted octanol–water partition coefficient (Wildman–Crippen LogP) is 4.89. The van der Waals surface area contributed by atoms with E-state index in [0.717, 1.165) is 42.7 Å². The molecule has 5 rings (SSSR count). The van der Waals surface area contributed by atoms with Crippen molar-refractivity contribution in [1.82, 2.24) is 0 Å². The molecular weight excluding hydrogens is 372 g/mol. The van der Waals surface area contributed by atoms with Gasteiger partial charge in [0.15, 0.2) is 0 Å². The van der Waals surface area contributed by atoms with E-state index < -0.39 is 0 Å². The van der Waals surface area contributed by atoms with Gasteiger partial charge in [0.05, 0.1) is 19.1 Å². The van der Waals surface area contributed by atoms with Crippen LogP contribution in [0.4, 0.5) is 11.4 Å². The van der Waals surface area contributed by atoms with Crippen LogP contribution in [0.1, 0.15) is 34.8 Å². The highest BCUT2D eigenvalue weighted by Crippen LogP contribution is 2.32. The molecule has 3 aromatic carbocycles. The zero-order chi connectivity index (χ0) is 20.3. The largest absolute Gasteiger partial charge is 0.373 e. The van der Waals surface area contributed by atoms with Gasteiger partial charge in [-0.05, 0) is 47.2 Å². The quantitative estimate of drug-likeness (QED) is 0.665. The fourth-order valence-corrected chi connectivity index (χ4v) is 4.57. The van der Waals surface area contributed by atoms with Crippen LogP contribution in [-0.4, -0.2) is 19.1 Å². The van der Waals surface area contributed by atoms with Gasteiger partial charge < -0.3 is 15.0 Å². The lowest BCUT2D eigenvalue weighted by Crippen LogP contribution is -2.24. The van der Waals surface area contributed by atoms with Gasteiger partial charge in [-0.1, -0.05) is 60.7 Å². The van der Waals surface area contributed by atoms with Crippen LogP contribution in [0, 0.1) is 0 Å². The van der Waals surface area contributed by atoms with Gasteiger partial charge in [-0.3, -0.25) is 4.79 Å². The van der Waals surface area contributed by atoms with Crippen LogP contribution in [0.2, 0.25) is 0 Å². The Balaban J connectivity index is 1.29. The molecule has 152 valence electrons. The van der Waals surface area contributed by atoms with E-state index in [1.165, 1.54) is 16.8 Å². The normalized spacial score (nSPS) is 17.3. The molecule has 0 radical (unpaired) electrons. The number of nitrogens with one attached hydrogen (secondary N) is 1. The van der Waals surface area contributed by atoms with Crippen LogP contribution in [-0.2, 0) is 28.9 Å². The summed E-state index contributed by atoms with van der Waals surface area (Å²) in [5, 5.41) is 3.14. The third-order valence-corrected chi connectivity index (χ3v) is 6.10. The van der Waals surface area contributed by atoms with Crippen molar-refractivity contribution in [3.8, 4) is 0 Å². The van der Waals surface area contributed by atoms with E-state index in [1.54, 1.807) is 0 Å². The Morgan fingerprint density at radius 1 is 0.933 bits per heavy atom. The average Bonchev–Trinajstić information content (AvgIpc) is 3.18. The second kappa shape index (κ2) is 8.33. The van der Waals surface area contributed by atoms with Crippen molar-refractivity contribution in [2.75, 3.05) is 23.4 Å². The zero-order valence-electron chi connectivity index (χ0n) is 17.0. The van der Waals surface area contributed by atoms with Crippen molar-refractivity contribution in [3.05, 3.63) is 95.1 Å². The lowest BCUT2D eigenvalue weighted by atomic mass is 9.95. The molecule has 0 saturated heterocycles. The number of nitrogens with zero attached hydrogens (tertiary/aromatic N) is 1. The Bertz CT molecular complexity index is 1060. The van der Waals surface area contributed by atoms with Gasteiger partial charge in [-0.15, -0.1) is 0 Å². The van der Waals surface area contributed by atoms with Crippen LogP contribution in [0.5, 0.6) is 0 Å². The molecule has 0 fully saturated rings. The van der Waals surface area contributed by atoms with Crippen LogP contribution < -0.4 is 10.2 Å². The number of anilines is 2. The smallest absolute Gasteiger partial charge is 0.227 e. The third-order valence-electron chi connectivity index (χ3n) is 6.10.